The maximum atomic E-state index is 6.67. The Morgan fingerprint density at radius 2 is 1.10 bits per heavy atom. The van der Waals surface area contributed by atoms with Gasteiger partial charge in [0.15, 0.2) is 0 Å². The van der Waals surface area contributed by atoms with Gasteiger partial charge in [-0.05, 0) is 54.4 Å². The first-order valence-electron chi connectivity index (χ1n) is 12.6. The van der Waals surface area contributed by atoms with Gasteiger partial charge in [0.25, 0.3) is 5.97 Å². The molecule has 0 amide bonds. The van der Waals surface area contributed by atoms with Crippen LogP contribution in [0.1, 0.15) is 113 Å². The Labute approximate surface area is 187 Å². The average Bonchev–Trinajstić information content (AvgIpc) is 3.16. The predicted molar refractivity (Wildman–Crippen MR) is 128 cm³/mol. The molecule has 0 N–H and O–H groups in total. The lowest BCUT2D eigenvalue weighted by atomic mass is 9.66. The van der Waals surface area contributed by atoms with E-state index in [0.29, 0.717) is 0 Å². The van der Waals surface area contributed by atoms with Crippen molar-refractivity contribution in [3.63, 3.8) is 0 Å². The van der Waals surface area contributed by atoms with Gasteiger partial charge >= 0.3 is 0 Å². The van der Waals surface area contributed by atoms with Gasteiger partial charge in [0.1, 0.15) is 0 Å². The van der Waals surface area contributed by atoms with Crippen LogP contribution in [0.3, 0.4) is 0 Å². The molecule has 1 rings (SSSR count). The van der Waals surface area contributed by atoms with E-state index in [4.69, 9.17) is 14.2 Å². The van der Waals surface area contributed by atoms with Crippen molar-refractivity contribution in [1.82, 2.24) is 0 Å². The lowest BCUT2D eigenvalue weighted by molar-refractivity contribution is -0.461. The average molecular weight is 423 g/mol. The van der Waals surface area contributed by atoms with Crippen molar-refractivity contribution in [3.05, 3.63) is 24.3 Å². The van der Waals surface area contributed by atoms with Crippen LogP contribution in [0.25, 0.3) is 0 Å². The number of hydrogen-bond donors (Lipinski definition) is 0. The summed E-state index contributed by atoms with van der Waals surface area (Å²) >= 11 is 0. The van der Waals surface area contributed by atoms with E-state index < -0.39 is 5.97 Å². The summed E-state index contributed by atoms with van der Waals surface area (Å²) in [5, 5.41) is 0. The Hall–Kier alpha value is -0.640. The van der Waals surface area contributed by atoms with Crippen LogP contribution >= 0.6 is 0 Å². The summed E-state index contributed by atoms with van der Waals surface area (Å²) in [5.74, 6) is -0.809. The zero-order valence-electron chi connectivity index (χ0n) is 21.2. The second-order valence-corrected chi connectivity index (χ2v) is 9.78. The molecule has 3 nitrogen and oxygen atoms in total. The summed E-state index contributed by atoms with van der Waals surface area (Å²) in [6.45, 7) is 17.1. The van der Waals surface area contributed by atoms with Gasteiger partial charge in [-0.1, -0.05) is 83.1 Å². The van der Waals surface area contributed by atoms with E-state index in [0.717, 1.165) is 19.3 Å². The summed E-state index contributed by atoms with van der Waals surface area (Å²) in [4.78, 5) is 0. The summed E-state index contributed by atoms with van der Waals surface area (Å²) in [7, 11) is 0. The molecule has 176 valence electrons. The standard InChI is InChI=1S/C27H50O3/c1-9-11-12-13-14-17-21-26(20-10-2,25-18-15-16-19-25)27(28-22(3)4,29-23(5)6)30-24(7)8/h15-16,18-19,22-25H,9-14,17,20-21H2,1-8H3. The van der Waals surface area contributed by atoms with Crippen molar-refractivity contribution in [3.8, 4) is 0 Å². The fourth-order valence-electron chi connectivity index (χ4n) is 4.80. The van der Waals surface area contributed by atoms with E-state index in [1.807, 2.05) is 0 Å². The highest BCUT2D eigenvalue weighted by molar-refractivity contribution is 5.22. The van der Waals surface area contributed by atoms with Crippen LogP contribution < -0.4 is 0 Å². The molecule has 3 heteroatoms. The van der Waals surface area contributed by atoms with E-state index in [-0.39, 0.29) is 29.6 Å². The Kier molecular flexibility index (Phi) is 12.5. The normalized spacial score (nSPS) is 17.0. The summed E-state index contributed by atoms with van der Waals surface area (Å²) in [5.41, 5.74) is -0.255. The fourth-order valence-corrected chi connectivity index (χ4v) is 4.80. The van der Waals surface area contributed by atoms with Crippen LogP contribution in [0.4, 0.5) is 0 Å². The molecule has 1 atom stereocenters. The SMILES string of the molecule is CCCCCCCCC(CCC)(C1C=CC=C1)C(OC(C)C)(OC(C)C)OC(C)C. The lowest BCUT2D eigenvalue weighted by Crippen LogP contribution is -2.60. The molecule has 0 aromatic carbocycles. The monoisotopic (exact) mass is 422 g/mol. The van der Waals surface area contributed by atoms with Crippen molar-refractivity contribution >= 4 is 0 Å². The molecule has 0 aliphatic heterocycles. The maximum absolute atomic E-state index is 6.67. The summed E-state index contributed by atoms with van der Waals surface area (Å²) in [6, 6.07) is 0. The Morgan fingerprint density at radius 1 is 0.633 bits per heavy atom. The molecule has 0 aromatic heterocycles. The van der Waals surface area contributed by atoms with Gasteiger partial charge in [0, 0.05) is 5.92 Å². The molecular weight excluding hydrogens is 372 g/mol. The van der Waals surface area contributed by atoms with Gasteiger partial charge in [0.2, 0.25) is 0 Å². The molecule has 0 fully saturated rings. The molecule has 0 saturated carbocycles. The highest BCUT2D eigenvalue weighted by Crippen LogP contribution is 2.54. The van der Waals surface area contributed by atoms with Crippen LogP contribution in [-0.4, -0.2) is 24.3 Å². The third kappa shape index (κ3) is 7.80. The van der Waals surface area contributed by atoms with Gasteiger partial charge in [-0.3, -0.25) is 0 Å². The van der Waals surface area contributed by atoms with Gasteiger partial charge in [-0.25, -0.2) is 0 Å². The molecule has 0 heterocycles. The fraction of sp³-hybridized carbons (Fsp3) is 0.852. The third-order valence-corrected chi connectivity index (χ3v) is 5.84. The molecule has 0 bridgehead atoms. The minimum atomic E-state index is -1.06. The van der Waals surface area contributed by atoms with Crippen LogP contribution in [0.5, 0.6) is 0 Å². The number of unbranched alkanes of at least 4 members (excludes halogenated alkanes) is 5. The minimum absolute atomic E-state index is 0.0117. The van der Waals surface area contributed by atoms with Crippen LogP contribution in [0.2, 0.25) is 0 Å². The van der Waals surface area contributed by atoms with E-state index in [9.17, 15) is 0 Å². The third-order valence-electron chi connectivity index (χ3n) is 5.84. The first kappa shape index (κ1) is 27.4. The number of rotatable bonds is 17. The van der Waals surface area contributed by atoms with Gasteiger partial charge in [-0.15, -0.1) is 0 Å². The molecule has 30 heavy (non-hydrogen) atoms. The van der Waals surface area contributed by atoms with Crippen molar-refractivity contribution in [2.24, 2.45) is 11.3 Å². The molecular formula is C27H50O3. The minimum Gasteiger partial charge on any atom is -0.324 e. The Morgan fingerprint density at radius 3 is 1.53 bits per heavy atom. The number of allylic oxidation sites excluding steroid dienone is 4. The lowest BCUT2D eigenvalue weighted by Gasteiger charge is -2.53. The van der Waals surface area contributed by atoms with E-state index in [1.54, 1.807) is 0 Å². The van der Waals surface area contributed by atoms with Crippen LogP contribution in [0, 0.1) is 11.3 Å². The predicted octanol–water partition coefficient (Wildman–Crippen LogP) is 8.19. The molecule has 0 aromatic rings. The van der Waals surface area contributed by atoms with Crippen molar-refractivity contribution in [2.45, 2.75) is 137 Å². The molecule has 1 unspecified atom stereocenters. The molecule has 1 aliphatic carbocycles. The largest absolute Gasteiger partial charge is 0.324 e. The zero-order valence-corrected chi connectivity index (χ0v) is 21.2. The smallest absolute Gasteiger partial charge is 0.290 e. The van der Waals surface area contributed by atoms with Gasteiger partial charge in [-0.2, -0.15) is 0 Å². The Bertz CT molecular complexity index is 468. The second-order valence-electron chi connectivity index (χ2n) is 9.78. The first-order valence-corrected chi connectivity index (χ1v) is 12.6. The number of hydrogen-bond acceptors (Lipinski definition) is 3. The van der Waals surface area contributed by atoms with Gasteiger partial charge in [0.05, 0.1) is 23.7 Å². The summed E-state index contributed by atoms with van der Waals surface area (Å²) < 4.78 is 20.0. The first-order chi connectivity index (χ1) is 14.2. The molecule has 0 spiro atoms. The van der Waals surface area contributed by atoms with E-state index in [2.05, 4.69) is 79.7 Å². The van der Waals surface area contributed by atoms with Crippen LogP contribution in [-0.2, 0) is 14.2 Å². The van der Waals surface area contributed by atoms with Gasteiger partial charge < -0.3 is 14.2 Å². The number of ether oxygens (including phenoxy) is 3. The quantitative estimate of drug-likeness (QED) is 0.175. The summed E-state index contributed by atoms with van der Waals surface area (Å²) in [6.07, 6.45) is 19.8. The Balaban J connectivity index is 3.36. The molecule has 0 radical (unpaired) electrons. The molecule has 1 aliphatic rings. The highest BCUT2D eigenvalue weighted by Gasteiger charge is 2.59. The topological polar surface area (TPSA) is 27.7 Å². The van der Waals surface area contributed by atoms with Crippen LogP contribution in [0.15, 0.2) is 24.3 Å². The van der Waals surface area contributed by atoms with Crippen molar-refractivity contribution in [2.75, 3.05) is 0 Å². The van der Waals surface area contributed by atoms with Crippen molar-refractivity contribution in [1.29, 1.82) is 0 Å². The molecule has 0 saturated heterocycles. The van der Waals surface area contributed by atoms with E-state index >= 15 is 0 Å². The van der Waals surface area contributed by atoms with Crippen molar-refractivity contribution < 1.29 is 14.2 Å². The van der Waals surface area contributed by atoms with E-state index in [1.165, 1.54) is 38.5 Å². The zero-order chi connectivity index (χ0) is 22.6. The highest BCUT2D eigenvalue weighted by atomic mass is 16.9. The second kappa shape index (κ2) is 13.7. The maximum Gasteiger partial charge on any atom is 0.290 e.